The molecule has 1 heterocycles. The van der Waals surface area contributed by atoms with Gasteiger partial charge in [-0.05, 0) is 12.1 Å². The maximum absolute atomic E-state index is 10.9. The van der Waals surface area contributed by atoms with Crippen molar-refractivity contribution >= 4 is 17.3 Å². The van der Waals surface area contributed by atoms with Crippen LogP contribution in [-0.2, 0) is 13.6 Å². The summed E-state index contributed by atoms with van der Waals surface area (Å²) in [5.41, 5.74) is 0.802. The van der Waals surface area contributed by atoms with E-state index >= 15 is 0 Å². The molecular formula is C12H12N4O4. The van der Waals surface area contributed by atoms with Gasteiger partial charge in [-0.1, -0.05) is 0 Å². The van der Waals surface area contributed by atoms with Crippen molar-refractivity contribution in [3.8, 4) is 0 Å². The maximum Gasteiger partial charge on any atom is 0.335 e. The zero-order valence-corrected chi connectivity index (χ0v) is 10.6. The molecule has 0 aliphatic carbocycles. The maximum atomic E-state index is 10.9. The molecule has 20 heavy (non-hydrogen) atoms. The normalized spacial score (nSPS) is 10.2. The van der Waals surface area contributed by atoms with Gasteiger partial charge in [0.2, 0.25) is 0 Å². The fraction of sp³-hybridized carbons (Fsp3) is 0.167. The average molecular weight is 276 g/mol. The third kappa shape index (κ3) is 2.74. The molecule has 0 aliphatic heterocycles. The first-order chi connectivity index (χ1) is 9.49. The van der Waals surface area contributed by atoms with Crippen LogP contribution in [0.2, 0.25) is 0 Å². The number of nitro groups is 1. The molecule has 0 atom stereocenters. The number of benzene rings is 1. The molecule has 1 aromatic heterocycles. The Morgan fingerprint density at radius 3 is 2.85 bits per heavy atom. The van der Waals surface area contributed by atoms with Gasteiger partial charge in [-0.2, -0.15) is 0 Å². The minimum absolute atomic E-state index is 0.0110. The fourth-order valence-electron chi connectivity index (χ4n) is 1.71. The first-order valence-corrected chi connectivity index (χ1v) is 5.70. The molecule has 0 aliphatic rings. The van der Waals surface area contributed by atoms with Crippen LogP contribution in [0.4, 0.5) is 11.4 Å². The highest BCUT2D eigenvalue weighted by Gasteiger charge is 2.16. The van der Waals surface area contributed by atoms with Gasteiger partial charge < -0.3 is 15.0 Å². The van der Waals surface area contributed by atoms with E-state index in [1.54, 1.807) is 24.1 Å². The third-order valence-corrected chi connectivity index (χ3v) is 2.82. The summed E-state index contributed by atoms with van der Waals surface area (Å²) in [4.78, 5) is 25.2. The van der Waals surface area contributed by atoms with Gasteiger partial charge in [-0.3, -0.25) is 10.1 Å². The quantitative estimate of drug-likeness (QED) is 0.634. The van der Waals surface area contributed by atoms with E-state index in [2.05, 4.69) is 10.3 Å². The standard InChI is InChI=1S/C12H12N4O4/c1-15-7-13-5-9(15)6-14-10-4-8(12(17)18)2-3-11(10)16(19)20/h2-5,7,14H,6H2,1H3,(H,17,18). The van der Waals surface area contributed by atoms with Crippen molar-refractivity contribution in [2.75, 3.05) is 5.32 Å². The molecule has 2 N–H and O–H groups in total. The number of hydrogen-bond donors (Lipinski definition) is 2. The molecule has 104 valence electrons. The Bertz CT molecular complexity index is 665. The molecule has 0 amide bonds. The summed E-state index contributed by atoms with van der Waals surface area (Å²) < 4.78 is 1.76. The Kier molecular flexibility index (Phi) is 3.65. The van der Waals surface area contributed by atoms with E-state index in [4.69, 9.17) is 5.11 Å². The Hall–Kier alpha value is -2.90. The number of aromatic nitrogens is 2. The lowest BCUT2D eigenvalue weighted by Gasteiger charge is -2.08. The fourth-order valence-corrected chi connectivity index (χ4v) is 1.71. The molecular weight excluding hydrogens is 264 g/mol. The number of nitrogens with one attached hydrogen (secondary N) is 1. The van der Waals surface area contributed by atoms with Crippen molar-refractivity contribution in [2.45, 2.75) is 6.54 Å². The molecule has 0 fully saturated rings. The number of aromatic carboxylic acids is 1. The molecule has 0 spiro atoms. The van der Waals surface area contributed by atoms with E-state index in [0.29, 0.717) is 6.54 Å². The van der Waals surface area contributed by atoms with Crippen molar-refractivity contribution in [2.24, 2.45) is 7.05 Å². The summed E-state index contributed by atoms with van der Waals surface area (Å²) in [6.07, 6.45) is 3.24. The van der Waals surface area contributed by atoms with Crippen molar-refractivity contribution in [1.82, 2.24) is 9.55 Å². The summed E-state index contributed by atoms with van der Waals surface area (Å²) in [6, 6.07) is 3.63. The molecule has 0 radical (unpaired) electrons. The number of rotatable bonds is 5. The first-order valence-electron chi connectivity index (χ1n) is 5.70. The lowest BCUT2D eigenvalue weighted by Crippen LogP contribution is -2.07. The van der Waals surface area contributed by atoms with Gasteiger partial charge in [0.05, 0.1) is 29.1 Å². The predicted octanol–water partition coefficient (Wildman–Crippen LogP) is 1.64. The Morgan fingerprint density at radius 2 is 2.30 bits per heavy atom. The molecule has 0 bridgehead atoms. The highest BCUT2D eigenvalue weighted by molar-refractivity contribution is 5.90. The molecule has 0 saturated heterocycles. The second kappa shape index (κ2) is 5.39. The van der Waals surface area contributed by atoms with Crippen molar-refractivity contribution in [3.05, 3.63) is 52.1 Å². The van der Waals surface area contributed by atoms with Gasteiger partial charge in [0.15, 0.2) is 0 Å². The number of carboxylic acid groups (broad SMARTS) is 1. The lowest BCUT2D eigenvalue weighted by atomic mass is 10.1. The molecule has 8 nitrogen and oxygen atoms in total. The zero-order chi connectivity index (χ0) is 14.7. The average Bonchev–Trinajstić information content (AvgIpc) is 2.81. The molecule has 2 rings (SSSR count). The minimum atomic E-state index is -1.14. The lowest BCUT2D eigenvalue weighted by molar-refractivity contribution is -0.384. The minimum Gasteiger partial charge on any atom is -0.478 e. The van der Waals surface area contributed by atoms with Crippen LogP contribution in [0, 0.1) is 10.1 Å². The van der Waals surface area contributed by atoms with Crippen LogP contribution in [-0.4, -0.2) is 25.6 Å². The molecule has 8 heteroatoms. The van der Waals surface area contributed by atoms with E-state index < -0.39 is 10.9 Å². The summed E-state index contributed by atoms with van der Waals surface area (Å²) in [7, 11) is 1.80. The Labute approximate surface area is 113 Å². The van der Waals surface area contributed by atoms with Gasteiger partial charge in [0.1, 0.15) is 5.69 Å². The Balaban J connectivity index is 2.28. The second-order valence-electron chi connectivity index (χ2n) is 4.14. The molecule has 2 aromatic rings. The SMILES string of the molecule is Cn1cncc1CNc1cc(C(=O)O)ccc1[N+](=O)[O-]. The molecule has 0 unspecified atom stereocenters. The van der Waals surface area contributed by atoms with Gasteiger partial charge in [-0.25, -0.2) is 9.78 Å². The second-order valence-corrected chi connectivity index (χ2v) is 4.14. The summed E-state index contributed by atoms with van der Waals surface area (Å²) >= 11 is 0. The zero-order valence-electron chi connectivity index (χ0n) is 10.6. The van der Waals surface area contributed by atoms with Crippen molar-refractivity contribution in [1.29, 1.82) is 0 Å². The number of anilines is 1. The summed E-state index contributed by atoms with van der Waals surface area (Å²) in [5, 5.41) is 22.7. The molecule has 0 saturated carbocycles. The van der Waals surface area contributed by atoms with Crippen molar-refractivity contribution < 1.29 is 14.8 Å². The Morgan fingerprint density at radius 1 is 1.55 bits per heavy atom. The van der Waals surface area contributed by atoms with E-state index in [0.717, 1.165) is 5.69 Å². The van der Waals surface area contributed by atoms with Gasteiger partial charge >= 0.3 is 5.97 Å². The van der Waals surface area contributed by atoms with Crippen LogP contribution in [0.3, 0.4) is 0 Å². The van der Waals surface area contributed by atoms with Crippen LogP contribution in [0.25, 0.3) is 0 Å². The smallest absolute Gasteiger partial charge is 0.335 e. The van der Waals surface area contributed by atoms with Gasteiger partial charge in [0, 0.05) is 19.3 Å². The number of carbonyl (C=O) groups is 1. The largest absolute Gasteiger partial charge is 0.478 e. The van der Waals surface area contributed by atoms with Crippen LogP contribution >= 0.6 is 0 Å². The number of hydrogen-bond acceptors (Lipinski definition) is 5. The van der Waals surface area contributed by atoms with E-state index in [1.165, 1.54) is 18.2 Å². The van der Waals surface area contributed by atoms with E-state index in [9.17, 15) is 14.9 Å². The highest BCUT2D eigenvalue weighted by atomic mass is 16.6. The topological polar surface area (TPSA) is 110 Å². The van der Waals surface area contributed by atoms with E-state index in [-0.39, 0.29) is 16.9 Å². The highest BCUT2D eigenvalue weighted by Crippen LogP contribution is 2.26. The van der Waals surface area contributed by atoms with Crippen LogP contribution in [0.5, 0.6) is 0 Å². The number of nitro benzene ring substituents is 1. The monoisotopic (exact) mass is 276 g/mol. The first kappa shape index (κ1) is 13.5. The van der Waals surface area contributed by atoms with Crippen LogP contribution in [0.1, 0.15) is 16.1 Å². The van der Waals surface area contributed by atoms with Gasteiger partial charge in [0.25, 0.3) is 5.69 Å². The number of nitrogens with zero attached hydrogens (tertiary/aromatic N) is 3. The number of imidazole rings is 1. The van der Waals surface area contributed by atoms with Crippen molar-refractivity contribution in [3.63, 3.8) is 0 Å². The third-order valence-electron chi connectivity index (χ3n) is 2.82. The van der Waals surface area contributed by atoms with Gasteiger partial charge in [-0.15, -0.1) is 0 Å². The molecule has 1 aromatic carbocycles. The van der Waals surface area contributed by atoms with E-state index in [1.807, 2.05) is 0 Å². The van der Waals surface area contributed by atoms with Crippen LogP contribution in [0.15, 0.2) is 30.7 Å². The number of carboxylic acids is 1. The summed E-state index contributed by atoms with van der Waals surface area (Å²) in [6.45, 7) is 0.306. The number of aryl methyl sites for hydroxylation is 1. The summed E-state index contributed by atoms with van der Waals surface area (Å²) in [5.74, 6) is -1.14. The predicted molar refractivity (Wildman–Crippen MR) is 70.6 cm³/mol. The van der Waals surface area contributed by atoms with Crippen LogP contribution < -0.4 is 5.32 Å².